The summed E-state index contributed by atoms with van der Waals surface area (Å²) in [5.74, 6) is -1.52. The molecule has 108 valence electrons. The quantitative estimate of drug-likeness (QED) is 0.515. The molecule has 0 aliphatic carbocycles. The molecule has 1 heterocycles. The number of nitrogens with zero attached hydrogens (tertiary/aromatic N) is 3. The van der Waals surface area contributed by atoms with Crippen molar-refractivity contribution in [1.82, 2.24) is 10.2 Å². The van der Waals surface area contributed by atoms with Gasteiger partial charge in [-0.3, -0.25) is 0 Å². The standard InChI is InChI=1S/C11H11F3N4O2/c1-2-20-10(19)7(6-15)9(11(12,13)14)17-8-4-3-5-16-18-8/h3-6H,2,15H2,1H3/b7-6+,17-9?. The molecule has 0 atom stereocenters. The molecule has 0 saturated heterocycles. The zero-order valence-electron chi connectivity index (χ0n) is 10.4. The van der Waals surface area contributed by atoms with E-state index in [1.165, 1.54) is 25.3 Å². The van der Waals surface area contributed by atoms with Crippen LogP contribution in [0.2, 0.25) is 0 Å². The molecular formula is C11H11F3N4O2. The summed E-state index contributed by atoms with van der Waals surface area (Å²) < 4.78 is 43.4. The maximum absolute atomic E-state index is 13.0. The summed E-state index contributed by atoms with van der Waals surface area (Å²) >= 11 is 0. The smallest absolute Gasteiger partial charge is 0.434 e. The number of carbonyl (C=O) groups is 1. The topological polar surface area (TPSA) is 90.5 Å². The highest BCUT2D eigenvalue weighted by molar-refractivity contribution is 6.22. The number of alkyl halides is 3. The first kappa shape index (κ1) is 15.6. The van der Waals surface area contributed by atoms with Crippen LogP contribution in [-0.2, 0) is 9.53 Å². The normalized spacial score (nSPS) is 13.2. The third-order valence-corrected chi connectivity index (χ3v) is 1.97. The van der Waals surface area contributed by atoms with Crippen molar-refractivity contribution < 1.29 is 22.7 Å². The first-order valence-corrected chi connectivity index (χ1v) is 5.43. The minimum Gasteiger partial charge on any atom is -0.462 e. The lowest BCUT2D eigenvalue weighted by molar-refractivity contribution is -0.138. The van der Waals surface area contributed by atoms with E-state index in [1.807, 2.05) is 0 Å². The molecule has 0 aliphatic heterocycles. The summed E-state index contributed by atoms with van der Waals surface area (Å²) in [6.45, 7) is 1.37. The molecule has 0 aliphatic rings. The predicted octanol–water partition coefficient (Wildman–Crippen LogP) is 1.52. The van der Waals surface area contributed by atoms with Gasteiger partial charge in [0.05, 0.1) is 6.61 Å². The molecule has 0 fully saturated rings. The van der Waals surface area contributed by atoms with E-state index in [1.54, 1.807) is 0 Å². The van der Waals surface area contributed by atoms with Crippen molar-refractivity contribution in [3.63, 3.8) is 0 Å². The summed E-state index contributed by atoms with van der Waals surface area (Å²) in [7, 11) is 0. The van der Waals surface area contributed by atoms with Gasteiger partial charge in [0, 0.05) is 12.4 Å². The van der Waals surface area contributed by atoms with Gasteiger partial charge in [0.2, 0.25) is 0 Å². The van der Waals surface area contributed by atoms with E-state index in [0.717, 1.165) is 0 Å². The molecule has 0 spiro atoms. The van der Waals surface area contributed by atoms with Gasteiger partial charge in [-0.15, -0.1) is 5.10 Å². The minimum absolute atomic E-state index is 0.0908. The van der Waals surface area contributed by atoms with Gasteiger partial charge in [0.25, 0.3) is 0 Å². The minimum atomic E-state index is -4.89. The summed E-state index contributed by atoms with van der Waals surface area (Å²) in [4.78, 5) is 14.7. The Kier molecular flexibility index (Phi) is 5.18. The van der Waals surface area contributed by atoms with Crippen molar-refractivity contribution in [2.45, 2.75) is 13.1 Å². The maximum Gasteiger partial charge on any atom is 0.434 e. The fourth-order valence-corrected chi connectivity index (χ4v) is 1.20. The molecule has 2 N–H and O–H groups in total. The van der Waals surface area contributed by atoms with Gasteiger partial charge < -0.3 is 10.5 Å². The van der Waals surface area contributed by atoms with Gasteiger partial charge >= 0.3 is 12.1 Å². The summed E-state index contributed by atoms with van der Waals surface area (Å²) in [6.07, 6.45) is -3.12. The summed E-state index contributed by atoms with van der Waals surface area (Å²) in [6, 6.07) is 2.56. The highest BCUT2D eigenvalue weighted by Gasteiger charge is 2.41. The van der Waals surface area contributed by atoms with E-state index < -0.39 is 23.4 Å². The molecule has 0 amide bonds. The Hall–Kier alpha value is -2.45. The van der Waals surface area contributed by atoms with Crippen molar-refractivity contribution in [2.24, 2.45) is 10.7 Å². The van der Waals surface area contributed by atoms with Crippen LogP contribution in [-0.4, -0.2) is 34.7 Å². The Morgan fingerprint density at radius 2 is 2.25 bits per heavy atom. The van der Waals surface area contributed by atoms with Gasteiger partial charge in [-0.05, 0) is 19.1 Å². The zero-order chi connectivity index (χ0) is 15.2. The number of carbonyl (C=O) groups excluding carboxylic acids is 1. The molecule has 0 aromatic carbocycles. The summed E-state index contributed by atoms with van der Waals surface area (Å²) in [5.41, 5.74) is 2.70. The molecule has 0 bridgehead atoms. The molecular weight excluding hydrogens is 277 g/mol. The van der Waals surface area contributed by atoms with Crippen LogP contribution in [0.3, 0.4) is 0 Å². The number of nitrogens with two attached hydrogens (primary N) is 1. The molecule has 0 saturated carbocycles. The van der Waals surface area contributed by atoms with Crippen LogP contribution in [0, 0.1) is 0 Å². The van der Waals surface area contributed by atoms with Gasteiger partial charge in [0.1, 0.15) is 5.57 Å². The lowest BCUT2D eigenvalue weighted by Gasteiger charge is -2.12. The van der Waals surface area contributed by atoms with Crippen LogP contribution >= 0.6 is 0 Å². The number of hydrogen-bond acceptors (Lipinski definition) is 6. The van der Waals surface area contributed by atoms with Crippen LogP contribution < -0.4 is 5.73 Å². The van der Waals surface area contributed by atoms with Crippen molar-refractivity contribution in [1.29, 1.82) is 0 Å². The number of aromatic nitrogens is 2. The number of ether oxygens (including phenoxy) is 1. The monoisotopic (exact) mass is 288 g/mol. The number of esters is 1. The highest BCUT2D eigenvalue weighted by atomic mass is 19.4. The first-order valence-electron chi connectivity index (χ1n) is 5.43. The molecule has 6 nitrogen and oxygen atoms in total. The van der Waals surface area contributed by atoms with E-state index in [9.17, 15) is 18.0 Å². The maximum atomic E-state index is 13.0. The predicted molar refractivity (Wildman–Crippen MR) is 64.1 cm³/mol. The lowest BCUT2D eigenvalue weighted by atomic mass is 10.1. The van der Waals surface area contributed by atoms with Crippen LogP contribution in [0.5, 0.6) is 0 Å². The van der Waals surface area contributed by atoms with Crippen LogP contribution in [0.1, 0.15) is 6.92 Å². The average molecular weight is 288 g/mol. The third kappa shape index (κ3) is 4.04. The van der Waals surface area contributed by atoms with Gasteiger partial charge in [-0.25, -0.2) is 9.79 Å². The second-order valence-electron chi connectivity index (χ2n) is 3.34. The Bertz CT molecular complexity index is 526. The van der Waals surface area contributed by atoms with Crippen LogP contribution in [0.25, 0.3) is 0 Å². The Balaban J connectivity index is 3.27. The van der Waals surface area contributed by atoms with Gasteiger partial charge in [-0.1, -0.05) is 0 Å². The van der Waals surface area contributed by atoms with Crippen molar-refractivity contribution >= 4 is 17.5 Å². The average Bonchev–Trinajstić information content (AvgIpc) is 2.39. The van der Waals surface area contributed by atoms with Crippen LogP contribution in [0.4, 0.5) is 19.0 Å². The van der Waals surface area contributed by atoms with E-state index in [2.05, 4.69) is 19.9 Å². The molecule has 0 unspecified atom stereocenters. The Morgan fingerprint density at radius 3 is 2.70 bits per heavy atom. The molecule has 1 aromatic heterocycles. The van der Waals surface area contributed by atoms with Gasteiger partial charge in [-0.2, -0.15) is 18.3 Å². The molecule has 0 radical (unpaired) electrons. The van der Waals surface area contributed by atoms with Crippen molar-refractivity contribution in [3.8, 4) is 0 Å². The second kappa shape index (κ2) is 6.64. The number of aliphatic imine (C=N–C) groups is 1. The molecule has 9 heteroatoms. The number of rotatable bonds is 4. The van der Waals surface area contributed by atoms with E-state index in [-0.39, 0.29) is 12.4 Å². The number of halogens is 3. The first-order chi connectivity index (χ1) is 9.40. The van der Waals surface area contributed by atoms with Crippen molar-refractivity contribution in [3.05, 3.63) is 30.1 Å². The highest BCUT2D eigenvalue weighted by Crippen LogP contribution is 2.25. The Morgan fingerprint density at radius 1 is 1.55 bits per heavy atom. The Labute approximate surface area is 112 Å². The molecule has 1 aromatic rings. The SMILES string of the molecule is CCOC(=O)/C(=C/N)C(=Nc1cccnn1)C(F)(F)F. The van der Waals surface area contributed by atoms with Gasteiger partial charge in [0.15, 0.2) is 11.5 Å². The fourth-order valence-electron chi connectivity index (χ4n) is 1.20. The lowest BCUT2D eigenvalue weighted by Crippen LogP contribution is -2.30. The van der Waals surface area contributed by atoms with Crippen LogP contribution in [0.15, 0.2) is 35.1 Å². The summed E-state index contributed by atoms with van der Waals surface area (Å²) in [5, 5.41) is 6.79. The van der Waals surface area contributed by atoms with E-state index >= 15 is 0 Å². The van der Waals surface area contributed by atoms with Crippen molar-refractivity contribution in [2.75, 3.05) is 6.61 Å². The zero-order valence-corrected chi connectivity index (χ0v) is 10.4. The third-order valence-electron chi connectivity index (χ3n) is 1.97. The fraction of sp³-hybridized carbons (Fsp3) is 0.273. The largest absolute Gasteiger partial charge is 0.462 e. The second-order valence-corrected chi connectivity index (χ2v) is 3.34. The van der Waals surface area contributed by atoms with E-state index in [0.29, 0.717) is 6.20 Å². The number of hydrogen-bond donors (Lipinski definition) is 1. The molecule has 1 rings (SSSR count). The molecule has 20 heavy (non-hydrogen) atoms. The van der Waals surface area contributed by atoms with E-state index in [4.69, 9.17) is 5.73 Å².